The average molecular weight is 419 g/mol. The van der Waals surface area contributed by atoms with E-state index in [4.69, 9.17) is 25.8 Å². The molecule has 0 unspecified atom stereocenters. The summed E-state index contributed by atoms with van der Waals surface area (Å²) < 4.78 is 16.2. The molecule has 28 heavy (non-hydrogen) atoms. The maximum absolute atomic E-state index is 12.2. The Bertz CT molecular complexity index is 990. The molecule has 0 bridgehead atoms. The number of hydrogen-bond acceptors (Lipinski definition) is 6. The maximum atomic E-state index is 12.2. The SMILES string of the molecule is COc1ccc(OC)c(-c2csc(NC(=O)COc3cc(C)ccc3Cl)n2)c1. The Labute approximate surface area is 172 Å². The van der Waals surface area contributed by atoms with Gasteiger partial charge >= 0.3 is 0 Å². The zero-order chi connectivity index (χ0) is 20.1. The zero-order valence-electron chi connectivity index (χ0n) is 15.6. The van der Waals surface area contributed by atoms with Gasteiger partial charge in [-0.3, -0.25) is 10.1 Å². The van der Waals surface area contributed by atoms with Gasteiger partial charge in [0.2, 0.25) is 0 Å². The minimum absolute atomic E-state index is 0.166. The third-order valence-electron chi connectivity index (χ3n) is 3.88. The maximum Gasteiger partial charge on any atom is 0.264 e. The van der Waals surface area contributed by atoms with Crippen LogP contribution in [0.15, 0.2) is 41.8 Å². The van der Waals surface area contributed by atoms with Crippen molar-refractivity contribution in [2.75, 3.05) is 26.1 Å². The van der Waals surface area contributed by atoms with Crippen LogP contribution in [-0.4, -0.2) is 31.7 Å². The molecule has 3 rings (SSSR count). The molecule has 0 aliphatic rings. The molecule has 0 saturated carbocycles. The van der Waals surface area contributed by atoms with Gasteiger partial charge in [-0.2, -0.15) is 0 Å². The van der Waals surface area contributed by atoms with E-state index in [0.29, 0.717) is 33.1 Å². The van der Waals surface area contributed by atoms with Crippen molar-refractivity contribution in [3.8, 4) is 28.5 Å². The fourth-order valence-electron chi connectivity index (χ4n) is 2.49. The van der Waals surface area contributed by atoms with E-state index in [2.05, 4.69) is 10.3 Å². The Morgan fingerprint density at radius 3 is 2.71 bits per heavy atom. The molecule has 0 saturated heterocycles. The fraction of sp³-hybridized carbons (Fsp3) is 0.200. The normalized spacial score (nSPS) is 10.4. The van der Waals surface area contributed by atoms with Gasteiger partial charge in [-0.25, -0.2) is 4.98 Å². The molecule has 0 atom stereocenters. The molecule has 0 spiro atoms. The van der Waals surface area contributed by atoms with E-state index in [0.717, 1.165) is 11.1 Å². The van der Waals surface area contributed by atoms with Crippen LogP contribution in [0, 0.1) is 6.92 Å². The van der Waals surface area contributed by atoms with E-state index >= 15 is 0 Å². The Morgan fingerprint density at radius 2 is 1.96 bits per heavy atom. The number of ether oxygens (including phenoxy) is 3. The predicted octanol–water partition coefficient (Wildman–Crippen LogP) is 4.81. The van der Waals surface area contributed by atoms with Crippen LogP contribution in [0.5, 0.6) is 17.2 Å². The van der Waals surface area contributed by atoms with E-state index < -0.39 is 0 Å². The van der Waals surface area contributed by atoms with Crippen molar-refractivity contribution in [3.63, 3.8) is 0 Å². The van der Waals surface area contributed by atoms with E-state index in [1.165, 1.54) is 11.3 Å². The van der Waals surface area contributed by atoms with Crippen molar-refractivity contribution in [2.45, 2.75) is 6.92 Å². The number of carbonyl (C=O) groups is 1. The van der Waals surface area contributed by atoms with Crippen LogP contribution in [-0.2, 0) is 4.79 Å². The van der Waals surface area contributed by atoms with E-state index in [1.807, 2.05) is 36.6 Å². The lowest BCUT2D eigenvalue weighted by Crippen LogP contribution is -2.20. The number of anilines is 1. The molecule has 1 aromatic heterocycles. The molecule has 0 aliphatic carbocycles. The molecule has 0 radical (unpaired) electrons. The second kappa shape index (κ2) is 8.95. The lowest BCUT2D eigenvalue weighted by atomic mass is 10.1. The second-order valence-corrected chi connectivity index (χ2v) is 7.14. The molecular formula is C20H19ClN2O4S. The standard InChI is InChI=1S/C20H19ClN2O4S/c1-12-4-6-15(21)18(8-12)27-10-19(24)23-20-22-16(11-28-20)14-9-13(25-2)5-7-17(14)26-3/h4-9,11H,10H2,1-3H3,(H,22,23,24). The summed E-state index contributed by atoms with van der Waals surface area (Å²) in [6.45, 7) is 1.76. The van der Waals surface area contributed by atoms with Crippen LogP contribution in [0.1, 0.15) is 5.56 Å². The number of aromatic nitrogens is 1. The minimum atomic E-state index is -0.323. The van der Waals surface area contributed by atoms with E-state index in [1.54, 1.807) is 26.4 Å². The summed E-state index contributed by atoms with van der Waals surface area (Å²) >= 11 is 7.39. The van der Waals surface area contributed by atoms with E-state index in [9.17, 15) is 4.79 Å². The van der Waals surface area contributed by atoms with Gasteiger partial charge < -0.3 is 14.2 Å². The lowest BCUT2D eigenvalue weighted by molar-refractivity contribution is -0.118. The van der Waals surface area contributed by atoms with Crippen LogP contribution in [0.3, 0.4) is 0 Å². The molecule has 146 valence electrons. The summed E-state index contributed by atoms with van der Waals surface area (Å²) in [4.78, 5) is 16.7. The number of nitrogens with zero attached hydrogens (tertiary/aromatic N) is 1. The smallest absolute Gasteiger partial charge is 0.264 e. The molecule has 6 nitrogen and oxygen atoms in total. The molecule has 2 aromatic carbocycles. The van der Waals surface area contributed by atoms with E-state index in [-0.39, 0.29) is 12.5 Å². The van der Waals surface area contributed by atoms with Crippen molar-refractivity contribution in [1.29, 1.82) is 0 Å². The highest BCUT2D eigenvalue weighted by atomic mass is 35.5. The first kappa shape index (κ1) is 20.0. The van der Waals surface area contributed by atoms with Gasteiger partial charge in [0.05, 0.1) is 24.9 Å². The van der Waals surface area contributed by atoms with Crippen molar-refractivity contribution in [1.82, 2.24) is 4.98 Å². The molecule has 8 heteroatoms. The van der Waals surface area contributed by atoms with Crippen LogP contribution in [0.25, 0.3) is 11.3 Å². The number of thiazole rings is 1. The van der Waals surface area contributed by atoms with Gasteiger partial charge in [0.1, 0.15) is 17.2 Å². The van der Waals surface area contributed by atoms with Crippen molar-refractivity contribution in [3.05, 3.63) is 52.4 Å². The molecule has 0 aliphatic heterocycles. The molecule has 1 amide bonds. The van der Waals surface area contributed by atoms with Crippen LogP contribution in [0.4, 0.5) is 5.13 Å². The zero-order valence-corrected chi connectivity index (χ0v) is 17.2. The highest BCUT2D eigenvalue weighted by molar-refractivity contribution is 7.14. The van der Waals surface area contributed by atoms with Gasteiger partial charge in [0.25, 0.3) is 5.91 Å². The number of rotatable bonds is 7. The number of nitrogens with one attached hydrogen (secondary N) is 1. The minimum Gasteiger partial charge on any atom is -0.497 e. The van der Waals surface area contributed by atoms with Gasteiger partial charge in [-0.05, 0) is 42.8 Å². The van der Waals surface area contributed by atoms with Crippen molar-refractivity contribution < 1.29 is 19.0 Å². The second-order valence-electron chi connectivity index (χ2n) is 5.87. The predicted molar refractivity (Wildman–Crippen MR) is 111 cm³/mol. The molecule has 1 heterocycles. The van der Waals surface area contributed by atoms with Crippen LogP contribution < -0.4 is 19.5 Å². The van der Waals surface area contributed by atoms with Crippen LogP contribution in [0.2, 0.25) is 5.02 Å². The quantitative estimate of drug-likeness (QED) is 0.596. The molecule has 1 N–H and O–H groups in total. The lowest BCUT2D eigenvalue weighted by Gasteiger charge is -2.09. The molecular weight excluding hydrogens is 400 g/mol. The fourth-order valence-corrected chi connectivity index (χ4v) is 3.39. The number of aryl methyl sites for hydroxylation is 1. The highest BCUT2D eigenvalue weighted by Crippen LogP contribution is 2.35. The monoisotopic (exact) mass is 418 g/mol. The van der Waals surface area contributed by atoms with Crippen molar-refractivity contribution in [2.24, 2.45) is 0 Å². The van der Waals surface area contributed by atoms with Gasteiger partial charge in [-0.1, -0.05) is 17.7 Å². The Morgan fingerprint density at radius 1 is 1.14 bits per heavy atom. The number of hydrogen-bond donors (Lipinski definition) is 1. The highest BCUT2D eigenvalue weighted by Gasteiger charge is 2.14. The summed E-state index contributed by atoms with van der Waals surface area (Å²) in [5.41, 5.74) is 2.46. The largest absolute Gasteiger partial charge is 0.497 e. The number of halogens is 1. The summed E-state index contributed by atoms with van der Waals surface area (Å²) in [7, 11) is 3.19. The summed E-state index contributed by atoms with van der Waals surface area (Å²) in [5, 5.41) is 5.49. The third-order valence-corrected chi connectivity index (χ3v) is 4.95. The van der Waals surface area contributed by atoms with Crippen LogP contribution >= 0.6 is 22.9 Å². The Balaban J connectivity index is 1.67. The number of benzene rings is 2. The number of methoxy groups -OCH3 is 2. The molecule has 3 aromatic rings. The summed E-state index contributed by atoms with van der Waals surface area (Å²) in [5.74, 6) is 1.51. The Hall–Kier alpha value is -2.77. The first-order valence-corrected chi connectivity index (χ1v) is 9.62. The Kier molecular flexibility index (Phi) is 6.38. The van der Waals surface area contributed by atoms with Gasteiger partial charge in [-0.15, -0.1) is 11.3 Å². The number of amides is 1. The topological polar surface area (TPSA) is 69.7 Å². The number of carbonyl (C=O) groups excluding carboxylic acids is 1. The van der Waals surface area contributed by atoms with Crippen molar-refractivity contribution >= 4 is 34.0 Å². The van der Waals surface area contributed by atoms with Gasteiger partial charge in [0.15, 0.2) is 11.7 Å². The average Bonchev–Trinajstić information content (AvgIpc) is 3.16. The first-order valence-electron chi connectivity index (χ1n) is 8.37. The van der Waals surface area contributed by atoms with Gasteiger partial charge in [0, 0.05) is 10.9 Å². The summed E-state index contributed by atoms with van der Waals surface area (Å²) in [6.07, 6.45) is 0. The summed E-state index contributed by atoms with van der Waals surface area (Å²) in [6, 6.07) is 10.9. The third kappa shape index (κ3) is 4.74. The first-order chi connectivity index (χ1) is 13.5. The molecule has 0 fully saturated rings.